The average molecular weight is 1060 g/mol. The van der Waals surface area contributed by atoms with Gasteiger partial charge >= 0.3 is 0 Å². The third-order valence-electron chi connectivity index (χ3n) is 13.0. The van der Waals surface area contributed by atoms with Crippen molar-refractivity contribution in [2.75, 3.05) is 0 Å². The molecule has 0 saturated heterocycles. The molecule has 0 unspecified atom stereocenters. The maximum Gasteiger partial charge on any atom is 0.267 e. The molecule has 68 heavy (non-hydrogen) atoms. The molecule has 7 nitrogen and oxygen atoms in total. The summed E-state index contributed by atoms with van der Waals surface area (Å²) in [5, 5.41) is 6.81. The maximum absolute atomic E-state index is 6.76. The molecule has 5 heterocycles. The fourth-order valence-corrected chi connectivity index (χ4v) is 10.0. The van der Waals surface area contributed by atoms with Gasteiger partial charge < -0.3 is 23.0 Å². The zero-order valence-electron chi connectivity index (χ0n) is 37.5. The van der Waals surface area contributed by atoms with Gasteiger partial charge in [-0.15, -0.1) is 24.3 Å². The number of hydrogen-bond donors (Lipinski definition) is 0. The molecule has 0 aliphatic rings. The van der Waals surface area contributed by atoms with Gasteiger partial charge in [0.25, 0.3) is 6.33 Å². The number of hydrogen-bond acceptors (Lipinski definition) is 2. The van der Waals surface area contributed by atoms with E-state index in [1.54, 1.807) is 0 Å². The van der Waals surface area contributed by atoms with Gasteiger partial charge in [0.2, 0.25) is 0 Å². The van der Waals surface area contributed by atoms with Crippen LogP contribution < -0.4 is 9.30 Å². The number of fused-ring (bicyclic) bond motifs is 12. The fraction of sp³-hybridized carbons (Fsp3) is 0.0667. The van der Waals surface area contributed by atoms with E-state index in [4.69, 9.17) is 9.72 Å². The first kappa shape index (κ1) is 41.4. The maximum atomic E-state index is 6.76. The Balaban J connectivity index is 0.00000480. The average Bonchev–Trinajstić information content (AvgIpc) is 4.15. The smallest absolute Gasteiger partial charge is 0.267 e. The SMILES string of the molecule is CC(C)(C)c1ccnc(-n2c3[c-]c(Oc4[c-]c(-[n+]5[c-]n(-c6ccccc6)cc5)ccc4)ccc3c3c2c2c4ccccc4n(-c4ccccc4)c2c2c4ccccc4n(-c4ccccc4)c32)c1.[Pt]. The summed E-state index contributed by atoms with van der Waals surface area (Å²) in [5.74, 6) is 1.94. The molecule has 0 aliphatic carbocycles. The van der Waals surface area contributed by atoms with Crippen LogP contribution in [0.15, 0.2) is 201 Å². The van der Waals surface area contributed by atoms with Gasteiger partial charge in [-0.3, -0.25) is 4.57 Å². The second-order valence-corrected chi connectivity index (χ2v) is 18.1. The van der Waals surface area contributed by atoms with Gasteiger partial charge in [0.05, 0.1) is 33.3 Å². The molecule has 0 atom stereocenters. The Morgan fingerprint density at radius 2 is 1.06 bits per heavy atom. The monoisotopic (exact) mass is 1060 g/mol. The van der Waals surface area contributed by atoms with Crippen molar-refractivity contribution in [2.24, 2.45) is 0 Å². The molecule has 0 spiro atoms. The number of ether oxygens (including phenoxy) is 1. The summed E-state index contributed by atoms with van der Waals surface area (Å²) in [6.07, 6.45) is 9.33. The number of aromatic nitrogens is 6. The Hall–Kier alpha value is -7.99. The van der Waals surface area contributed by atoms with E-state index in [0.29, 0.717) is 11.5 Å². The minimum absolute atomic E-state index is 0. The zero-order chi connectivity index (χ0) is 44.8. The van der Waals surface area contributed by atoms with Crippen molar-refractivity contribution >= 4 is 65.4 Å². The summed E-state index contributed by atoms with van der Waals surface area (Å²) >= 11 is 0. The molecule has 330 valence electrons. The van der Waals surface area contributed by atoms with Crippen LogP contribution in [0.1, 0.15) is 26.3 Å². The Bertz CT molecular complexity index is 4050. The predicted octanol–water partition coefficient (Wildman–Crippen LogP) is 13.9. The topological polar surface area (TPSA) is 45.7 Å². The molecule has 0 fully saturated rings. The van der Waals surface area contributed by atoms with Crippen LogP contribution in [-0.2, 0) is 26.5 Å². The minimum Gasteiger partial charge on any atom is -0.510 e. The van der Waals surface area contributed by atoms with Crippen LogP contribution in [0.5, 0.6) is 11.5 Å². The first-order valence-electron chi connectivity index (χ1n) is 22.6. The van der Waals surface area contributed by atoms with Crippen molar-refractivity contribution in [1.82, 2.24) is 23.3 Å². The number of imidazole rings is 1. The molecule has 8 heteroatoms. The second-order valence-electron chi connectivity index (χ2n) is 18.1. The van der Waals surface area contributed by atoms with Gasteiger partial charge in [-0.25, -0.2) is 4.98 Å². The molecular weight excluding hydrogens is 1020 g/mol. The number of nitrogens with zero attached hydrogens (tertiary/aromatic N) is 6. The Morgan fingerprint density at radius 1 is 0.515 bits per heavy atom. The molecule has 5 aromatic heterocycles. The second kappa shape index (κ2) is 16.1. The molecule has 0 N–H and O–H groups in total. The quantitative estimate of drug-likeness (QED) is 0.118. The van der Waals surface area contributed by atoms with E-state index in [2.05, 4.69) is 192 Å². The Morgan fingerprint density at radius 3 is 1.68 bits per heavy atom. The van der Waals surface area contributed by atoms with Crippen LogP contribution in [0, 0.1) is 18.5 Å². The van der Waals surface area contributed by atoms with E-state index in [9.17, 15) is 0 Å². The van der Waals surface area contributed by atoms with Crippen molar-refractivity contribution in [2.45, 2.75) is 26.2 Å². The van der Waals surface area contributed by atoms with Gasteiger partial charge in [-0.05, 0) is 82.7 Å². The molecule has 0 saturated carbocycles. The number of benzene rings is 8. The largest absolute Gasteiger partial charge is 0.510 e. The summed E-state index contributed by atoms with van der Waals surface area (Å²) in [4.78, 5) is 5.21. The molecule has 0 aliphatic heterocycles. The van der Waals surface area contributed by atoms with E-state index in [0.717, 1.165) is 83.2 Å². The zero-order valence-corrected chi connectivity index (χ0v) is 39.7. The molecule has 8 aromatic carbocycles. The minimum atomic E-state index is -0.127. The standard InChI is InChI=1S/C60H42N6O.Pt/c1-60(2,3)40-32-33-61-53(36-40)66-52-38-46(67-45-25-17-24-44(37-45)63-35-34-62(39-63)41-18-7-4-8-19-41)30-31-49(52)56-58-54(47-26-13-15-28-50(47)65(58)43-22-11-6-12-23-43)57-55(59(56)66)48-27-14-16-29-51(48)64(57)42-20-9-5-10-21-42;/h4-36H,1-3H3;/q-2;. The van der Waals surface area contributed by atoms with Gasteiger partial charge in [0.15, 0.2) is 0 Å². The molecule has 0 bridgehead atoms. The third-order valence-corrected chi connectivity index (χ3v) is 13.0. The van der Waals surface area contributed by atoms with Crippen LogP contribution in [0.25, 0.3) is 94.0 Å². The molecular formula is C60H42N6OPt-2. The van der Waals surface area contributed by atoms with Gasteiger partial charge in [0, 0.05) is 84.1 Å². The van der Waals surface area contributed by atoms with E-state index >= 15 is 0 Å². The van der Waals surface area contributed by atoms with Crippen molar-refractivity contribution in [3.63, 3.8) is 0 Å². The van der Waals surface area contributed by atoms with Gasteiger partial charge in [0.1, 0.15) is 5.82 Å². The Kier molecular flexibility index (Phi) is 9.82. The van der Waals surface area contributed by atoms with Gasteiger partial charge in [-0.1, -0.05) is 123 Å². The van der Waals surface area contributed by atoms with Crippen molar-refractivity contribution in [3.8, 4) is 40.1 Å². The fourth-order valence-electron chi connectivity index (χ4n) is 10.0. The molecule has 13 aromatic rings. The third kappa shape index (κ3) is 6.52. The summed E-state index contributed by atoms with van der Waals surface area (Å²) < 4.78 is 17.9. The van der Waals surface area contributed by atoms with E-state index in [1.807, 2.05) is 70.2 Å². The summed E-state index contributed by atoms with van der Waals surface area (Å²) in [6, 6.07) is 71.2. The normalized spacial score (nSPS) is 11.9. The van der Waals surface area contributed by atoms with Crippen molar-refractivity contribution in [1.29, 1.82) is 0 Å². The summed E-state index contributed by atoms with van der Waals surface area (Å²) in [5.41, 5.74) is 11.5. The van der Waals surface area contributed by atoms with Crippen LogP contribution in [-0.4, -0.2) is 23.3 Å². The first-order valence-corrected chi connectivity index (χ1v) is 22.6. The summed E-state index contributed by atoms with van der Waals surface area (Å²) in [7, 11) is 0. The van der Waals surface area contributed by atoms with Crippen molar-refractivity contribution < 1.29 is 30.4 Å². The first-order chi connectivity index (χ1) is 32.9. The van der Waals surface area contributed by atoms with Gasteiger partial charge in [-0.2, -0.15) is 18.2 Å². The number of pyridine rings is 1. The van der Waals surface area contributed by atoms with Crippen LogP contribution in [0.4, 0.5) is 0 Å². The number of rotatable bonds is 7. The van der Waals surface area contributed by atoms with Crippen LogP contribution >= 0.6 is 0 Å². The molecule has 0 amide bonds. The van der Waals surface area contributed by atoms with Crippen molar-refractivity contribution in [3.05, 3.63) is 225 Å². The molecule has 0 radical (unpaired) electrons. The Labute approximate surface area is 407 Å². The van der Waals surface area contributed by atoms with E-state index in [-0.39, 0.29) is 26.5 Å². The van der Waals surface area contributed by atoms with Crippen LogP contribution in [0.2, 0.25) is 0 Å². The van der Waals surface area contributed by atoms with Crippen LogP contribution in [0.3, 0.4) is 0 Å². The predicted molar refractivity (Wildman–Crippen MR) is 270 cm³/mol. The van der Waals surface area contributed by atoms with E-state index < -0.39 is 0 Å². The summed E-state index contributed by atoms with van der Waals surface area (Å²) in [6.45, 7) is 6.75. The number of para-hydroxylation sites is 5. The molecule has 13 rings (SSSR count). The van der Waals surface area contributed by atoms with E-state index in [1.165, 1.54) is 16.3 Å².